The third-order valence-electron chi connectivity index (χ3n) is 4.97. The predicted octanol–water partition coefficient (Wildman–Crippen LogP) is 7.03. The van der Waals surface area contributed by atoms with Gasteiger partial charge in [-0.25, -0.2) is 9.19 Å². The maximum absolute atomic E-state index is 13.8. The average molecular weight is 545 g/mol. The number of carbonyl (C=O) groups is 1. The summed E-state index contributed by atoms with van der Waals surface area (Å²) in [5.74, 6) is -1.23. The zero-order valence-electron chi connectivity index (χ0n) is 18.1. The number of aromatic nitrogens is 1. The molecule has 0 saturated carbocycles. The Morgan fingerprint density at radius 1 is 1.17 bits per heavy atom. The van der Waals surface area contributed by atoms with Crippen LogP contribution in [0.3, 0.4) is 0 Å². The zero-order chi connectivity index (χ0) is 25.1. The second kappa shape index (κ2) is 10.8. The SMILES string of the molecule is Cc1ccc(S(=O)OCC(=O)c2sc(-c3ccnc(F)c3)c(C#N)c2-c2ccc(Cl)cc2Cl)cc1. The molecule has 1 unspecified atom stereocenters. The van der Waals surface area contributed by atoms with Crippen molar-refractivity contribution in [3.8, 4) is 27.6 Å². The smallest absolute Gasteiger partial charge is 0.213 e. The van der Waals surface area contributed by atoms with E-state index in [2.05, 4.69) is 11.1 Å². The Labute approximate surface area is 217 Å². The molecule has 176 valence electrons. The summed E-state index contributed by atoms with van der Waals surface area (Å²) in [5.41, 5.74) is 2.21. The minimum Gasteiger partial charge on any atom is -0.291 e. The van der Waals surface area contributed by atoms with Gasteiger partial charge in [0, 0.05) is 33.4 Å². The highest BCUT2D eigenvalue weighted by Crippen LogP contribution is 2.44. The number of hydrogen-bond acceptors (Lipinski definition) is 6. The maximum Gasteiger partial charge on any atom is 0.213 e. The van der Waals surface area contributed by atoms with Crippen LogP contribution in [0.4, 0.5) is 4.39 Å². The number of thiophene rings is 1. The highest BCUT2D eigenvalue weighted by atomic mass is 35.5. The molecule has 0 N–H and O–H groups in total. The lowest BCUT2D eigenvalue weighted by Gasteiger charge is -2.08. The topological polar surface area (TPSA) is 80.1 Å². The third kappa shape index (κ3) is 5.50. The summed E-state index contributed by atoms with van der Waals surface area (Å²) in [7, 11) is 0. The number of aryl methyl sites for hydroxylation is 1. The van der Waals surface area contributed by atoms with Crippen molar-refractivity contribution >= 4 is 51.4 Å². The van der Waals surface area contributed by atoms with Crippen molar-refractivity contribution < 1.29 is 17.6 Å². The Kier molecular flexibility index (Phi) is 7.75. The molecule has 0 aliphatic carbocycles. The Morgan fingerprint density at radius 2 is 1.91 bits per heavy atom. The standard InChI is InChI=1S/C25H15Cl2FN2O3S2/c1-14-2-5-17(6-3-14)35(32)33-13-21(31)25-23(18-7-4-16(26)11-20(18)27)19(12-29)24(34-25)15-8-9-30-22(28)10-15/h2-11H,13H2,1H3. The molecule has 10 heteroatoms. The van der Waals surface area contributed by atoms with E-state index < -0.39 is 29.4 Å². The molecule has 35 heavy (non-hydrogen) atoms. The lowest BCUT2D eigenvalue weighted by molar-refractivity contribution is 0.0935. The van der Waals surface area contributed by atoms with Gasteiger partial charge in [-0.3, -0.25) is 8.98 Å². The molecular weight excluding hydrogens is 530 g/mol. The van der Waals surface area contributed by atoms with E-state index in [-0.39, 0.29) is 21.0 Å². The van der Waals surface area contributed by atoms with E-state index in [0.29, 0.717) is 25.9 Å². The highest BCUT2D eigenvalue weighted by molar-refractivity contribution is 7.80. The summed E-state index contributed by atoms with van der Waals surface area (Å²) in [4.78, 5) is 17.8. The van der Waals surface area contributed by atoms with Crippen LogP contribution in [0.2, 0.25) is 10.0 Å². The molecule has 0 radical (unpaired) electrons. The highest BCUT2D eigenvalue weighted by Gasteiger charge is 2.27. The molecule has 0 fully saturated rings. The number of nitriles is 1. The van der Waals surface area contributed by atoms with Crippen LogP contribution in [0.5, 0.6) is 0 Å². The number of ketones is 1. The van der Waals surface area contributed by atoms with Crippen LogP contribution in [0, 0.1) is 24.2 Å². The van der Waals surface area contributed by atoms with Crippen molar-refractivity contribution in [2.45, 2.75) is 11.8 Å². The largest absolute Gasteiger partial charge is 0.291 e. The van der Waals surface area contributed by atoms with Gasteiger partial charge in [-0.05, 0) is 42.8 Å². The molecule has 2 aromatic carbocycles. The lowest BCUT2D eigenvalue weighted by Crippen LogP contribution is -2.11. The molecule has 0 bridgehead atoms. The van der Waals surface area contributed by atoms with Gasteiger partial charge in [0.15, 0.2) is 11.1 Å². The van der Waals surface area contributed by atoms with Crippen molar-refractivity contribution in [3.63, 3.8) is 0 Å². The van der Waals surface area contributed by atoms with Gasteiger partial charge in [0.05, 0.1) is 20.2 Å². The van der Waals surface area contributed by atoms with Gasteiger partial charge >= 0.3 is 0 Å². The molecule has 0 amide bonds. The maximum atomic E-state index is 13.8. The summed E-state index contributed by atoms with van der Waals surface area (Å²) in [5, 5.41) is 10.6. The van der Waals surface area contributed by atoms with E-state index in [1.54, 1.807) is 42.5 Å². The van der Waals surface area contributed by atoms with Gasteiger partial charge < -0.3 is 0 Å². The van der Waals surface area contributed by atoms with Gasteiger partial charge in [0.25, 0.3) is 0 Å². The molecular formula is C25H15Cl2FN2O3S2. The number of benzene rings is 2. The molecule has 0 aliphatic heterocycles. The van der Waals surface area contributed by atoms with Gasteiger partial charge in [0.1, 0.15) is 12.7 Å². The minimum atomic E-state index is -1.87. The molecule has 0 spiro atoms. The van der Waals surface area contributed by atoms with Crippen LogP contribution in [0.1, 0.15) is 20.8 Å². The quantitative estimate of drug-likeness (QED) is 0.184. The minimum absolute atomic E-state index is 0.146. The molecule has 4 aromatic rings. The van der Waals surface area contributed by atoms with Crippen molar-refractivity contribution in [2.75, 3.05) is 6.61 Å². The molecule has 2 aromatic heterocycles. The molecule has 4 rings (SSSR count). The van der Waals surface area contributed by atoms with Gasteiger partial charge in [-0.15, -0.1) is 11.3 Å². The van der Waals surface area contributed by atoms with Crippen LogP contribution in [0.25, 0.3) is 21.6 Å². The number of carbonyl (C=O) groups excluding carboxylic acids is 1. The van der Waals surface area contributed by atoms with Gasteiger partial charge in [0.2, 0.25) is 11.7 Å². The van der Waals surface area contributed by atoms with E-state index in [9.17, 15) is 18.7 Å². The van der Waals surface area contributed by atoms with Gasteiger partial charge in [-0.2, -0.15) is 9.65 Å². The number of nitrogens with zero attached hydrogens (tertiary/aromatic N) is 2. The van der Waals surface area contributed by atoms with E-state index >= 15 is 0 Å². The Balaban J connectivity index is 1.77. The summed E-state index contributed by atoms with van der Waals surface area (Å²) in [6, 6.07) is 16.4. The first kappa shape index (κ1) is 25.2. The second-order valence-electron chi connectivity index (χ2n) is 7.35. The van der Waals surface area contributed by atoms with Crippen molar-refractivity contribution in [1.82, 2.24) is 4.98 Å². The van der Waals surface area contributed by atoms with Crippen LogP contribution < -0.4 is 0 Å². The predicted molar refractivity (Wildman–Crippen MR) is 136 cm³/mol. The monoisotopic (exact) mass is 544 g/mol. The average Bonchev–Trinajstić information content (AvgIpc) is 3.22. The van der Waals surface area contributed by atoms with Crippen molar-refractivity contribution in [3.05, 3.63) is 92.8 Å². The molecule has 2 heterocycles. The number of hydrogen-bond donors (Lipinski definition) is 0. The van der Waals surface area contributed by atoms with E-state index in [0.717, 1.165) is 16.9 Å². The first-order valence-corrected chi connectivity index (χ1v) is 12.7. The Bertz CT molecular complexity index is 1500. The fourth-order valence-corrected chi connectivity index (χ4v) is 5.72. The Morgan fingerprint density at radius 3 is 2.57 bits per heavy atom. The van der Waals surface area contributed by atoms with Crippen LogP contribution in [0.15, 0.2) is 65.7 Å². The Hall–Kier alpha value is -2.93. The molecule has 1 atom stereocenters. The fraction of sp³-hybridized carbons (Fsp3) is 0.0800. The number of pyridine rings is 1. The van der Waals surface area contributed by atoms with Crippen molar-refractivity contribution in [2.24, 2.45) is 0 Å². The van der Waals surface area contributed by atoms with Crippen LogP contribution >= 0.6 is 34.5 Å². The molecule has 5 nitrogen and oxygen atoms in total. The van der Waals surface area contributed by atoms with E-state index in [1.807, 2.05) is 6.92 Å². The number of Topliss-reactive ketones (excluding diaryl/α,β-unsaturated/α-hetero) is 1. The normalized spacial score (nSPS) is 11.7. The van der Waals surface area contributed by atoms with E-state index in [4.69, 9.17) is 27.4 Å². The van der Waals surface area contributed by atoms with Crippen molar-refractivity contribution in [1.29, 1.82) is 5.26 Å². The second-order valence-corrected chi connectivity index (χ2v) is 10.4. The van der Waals surface area contributed by atoms with Gasteiger partial charge in [-0.1, -0.05) is 47.0 Å². The summed E-state index contributed by atoms with van der Waals surface area (Å²) < 4.78 is 31.7. The number of halogens is 3. The zero-order valence-corrected chi connectivity index (χ0v) is 21.2. The molecule has 0 aliphatic rings. The summed E-state index contributed by atoms with van der Waals surface area (Å²) in [6.07, 6.45) is 1.27. The first-order valence-electron chi connectivity index (χ1n) is 10.1. The summed E-state index contributed by atoms with van der Waals surface area (Å²) >= 11 is 11.6. The molecule has 0 saturated heterocycles. The first-order chi connectivity index (χ1) is 16.8. The summed E-state index contributed by atoms with van der Waals surface area (Å²) in [6.45, 7) is 1.39. The van der Waals surface area contributed by atoms with Crippen LogP contribution in [-0.4, -0.2) is 21.6 Å². The van der Waals surface area contributed by atoms with Crippen LogP contribution in [-0.2, 0) is 15.3 Å². The fourth-order valence-electron chi connectivity index (χ4n) is 3.32. The lowest BCUT2D eigenvalue weighted by atomic mass is 9.97. The van der Waals surface area contributed by atoms with E-state index in [1.165, 1.54) is 18.3 Å². The number of rotatable bonds is 7. The third-order valence-corrected chi connectivity index (χ3v) is 7.79.